The van der Waals surface area contributed by atoms with Crippen LogP contribution < -0.4 is 0 Å². The van der Waals surface area contributed by atoms with E-state index in [4.69, 9.17) is 30.2 Å². The van der Waals surface area contributed by atoms with Gasteiger partial charge in [0.25, 0.3) is 5.78 Å². The van der Waals surface area contributed by atoms with Crippen molar-refractivity contribution in [2.24, 2.45) is 0 Å². The van der Waals surface area contributed by atoms with E-state index in [-0.39, 0.29) is 18.3 Å². The fourth-order valence-corrected chi connectivity index (χ4v) is 4.25. The van der Waals surface area contributed by atoms with Crippen LogP contribution >= 0.6 is 11.6 Å². The number of hydrogen-bond acceptors (Lipinski definition) is 7. The SMILES string of the molecule is CCOC(=O)C(=O)C(OC(=O)OCc1ccccc1)[C@H](O[Si](C)(C)C(C)(C)C)c1ccc(Cl)cc1. The predicted molar refractivity (Wildman–Crippen MR) is 136 cm³/mol. The van der Waals surface area contributed by atoms with Crippen LogP contribution in [0.4, 0.5) is 4.79 Å². The predicted octanol–water partition coefficient (Wildman–Crippen LogP) is 6.26. The molecule has 0 aliphatic rings. The Labute approximate surface area is 212 Å². The van der Waals surface area contributed by atoms with Gasteiger partial charge in [-0.2, -0.15) is 0 Å². The zero-order valence-electron chi connectivity index (χ0n) is 21.0. The normalized spacial score (nSPS) is 13.5. The number of halogens is 1. The highest BCUT2D eigenvalue weighted by Crippen LogP contribution is 2.41. The zero-order valence-corrected chi connectivity index (χ0v) is 22.8. The Morgan fingerprint density at radius 1 is 0.943 bits per heavy atom. The van der Waals surface area contributed by atoms with Crippen molar-refractivity contribution in [2.75, 3.05) is 6.61 Å². The molecule has 0 heterocycles. The molecule has 35 heavy (non-hydrogen) atoms. The molecule has 0 aliphatic heterocycles. The highest BCUT2D eigenvalue weighted by atomic mass is 35.5. The molecule has 0 N–H and O–H groups in total. The summed E-state index contributed by atoms with van der Waals surface area (Å²) < 4.78 is 22.1. The second-order valence-corrected chi connectivity index (χ2v) is 14.7. The van der Waals surface area contributed by atoms with Crippen molar-refractivity contribution in [1.82, 2.24) is 0 Å². The summed E-state index contributed by atoms with van der Waals surface area (Å²) in [7, 11) is -2.52. The molecule has 7 nitrogen and oxygen atoms in total. The monoisotopic (exact) mass is 520 g/mol. The lowest BCUT2D eigenvalue weighted by Gasteiger charge is -2.40. The lowest BCUT2D eigenvalue weighted by molar-refractivity contribution is -0.160. The molecule has 1 unspecified atom stereocenters. The van der Waals surface area contributed by atoms with Crippen LogP contribution in [-0.4, -0.2) is 38.9 Å². The number of hydrogen-bond donors (Lipinski definition) is 0. The van der Waals surface area contributed by atoms with Gasteiger partial charge in [0, 0.05) is 5.02 Å². The van der Waals surface area contributed by atoms with Gasteiger partial charge in [0.2, 0.25) is 6.10 Å². The van der Waals surface area contributed by atoms with Crippen LogP contribution in [0.25, 0.3) is 0 Å². The number of ketones is 1. The molecule has 0 saturated heterocycles. The van der Waals surface area contributed by atoms with Gasteiger partial charge in [-0.3, -0.25) is 4.79 Å². The van der Waals surface area contributed by atoms with Gasteiger partial charge in [0.15, 0.2) is 8.32 Å². The van der Waals surface area contributed by atoms with Crippen molar-refractivity contribution >= 4 is 37.8 Å². The quantitative estimate of drug-likeness (QED) is 0.207. The molecule has 0 aliphatic carbocycles. The minimum absolute atomic E-state index is 0.00947. The van der Waals surface area contributed by atoms with Crippen molar-refractivity contribution in [3.8, 4) is 0 Å². The van der Waals surface area contributed by atoms with Gasteiger partial charge in [0.05, 0.1) is 6.61 Å². The fraction of sp³-hybridized carbons (Fsp3) is 0.423. The van der Waals surface area contributed by atoms with Crippen molar-refractivity contribution in [2.45, 2.75) is 64.6 Å². The molecule has 2 atom stereocenters. The van der Waals surface area contributed by atoms with Gasteiger partial charge < -0.3 is 18.6 Å². The first-order chi connectivity index (χ1) is 16.4. The van der Waals surface area contributed by atoms with Gasteiger partial charge in [-0.25, -0.2) is 9.59 Å². The molecule has 9 heteroatoms. The van der Waals surface area contributed by atoms with E-state index in [1.165, 1.54) is 0 Å². The fourth-order valence-electron chi connectivity index (χ4n) is 2.88. The lowest BCUT2D eigenvalue weighted by Crippen LogP contribution is -2.47. The summed E-state index contributed by atoms with van der Waals surface area (Å²) in [6.45, 7) is 11.6. The first-order valence-corrected chi connectivity index (χ1v) is 14.7. The molecule has 0 aromatic heterocycles. The molecule has 0 amide bonds. The van der Waals surface area contributed by atoms with Crippen LogP contribution in [0.15, 0.2) is 54.6 Å². The van der Waals surface area contributed by atoms with Gasteiger partial charge in [-0.15, -0.1) is 0 Å². The molecule has 0 radical (unpaired) electrons. The van der Waals surface area contributed by atoms with E-state index in [2.05, 4.69) is 0 Å². The number of carbonyl (C=O) groups excluding carboxylic acids is 3. The second kappa shape index (κ2) is 12.3. The Kier molecular flexibility index (Phi) is 10.1. The van der Waals surface area contributed by atoms with Crippen LogP contribution in [0.5, 0.6) is 0 Å². The Bertz CT molecular complexity index is 1000. The maximum Gasteiger partial charge on any atom is 0.509 e. The molecule has 0 spiro atoms. The largest absolute Gasteiger partial charge is 0.509 e. The molecule has 0 fully saturated rings. The lowest BCUT2D eigenvalue weighted by atomic mass is 10.0. The minimum Gasteiger partial charge on any atom is -0.460 e. The van der Waals surface area contributed by atoms with Gasteiger partial charge in [-0.05, 0) is 48.3 Å². The number of esters is 1. The van der Waals surface area contributed by atoms with Crippen LogP contribution in [0, 0.1) is 0 Å². The minimum atomic E-state index is -2.52. The first-order valence-electron chi connectivity index (χ1n) is 11.4. The Morgan fingerprint density at radius 2 is 1.54 bits per heavy atom. The van der Waals surface area contributed by atoms with Gasteiger partial charge >= 0.3 is 12.1 Å². The number of ether oxygens (including phenoxy) is 3. The van der Waals surface area contributed by atoms with E-state index < -0.39 is 38.4 Å². The third-order valence-corrected chi connectivity index (χ3v) is 10.6. The average molecular weight is 521 g/mol. The van der Waals surface area contributed by atoms with E-state index in [0.29, 0.717) is 10.6 Å². The van der Waals surface area contributed by atoms with E-state index >= 15 is 0 Å². The maximum absolute atomic E-state index is 13.2. The molecule has 0 saturated carbocycles. The Morgan fingerprint density at radius 3 is 2.09 bits per heavy atom. The van der Waals surface area contributed by atoms with E-state index in [9.17, 15) is 14.4 Å². The van der Waals surface area contributed by atoms with E-state index in [1.807, 2.05) is 39.9 Å². The number of rotatable bonds is 10. The van der Waals surface area contributed by atoms with E-state index in [1.54, 1.807) is 55.5 Å². The topological polar surface area (TPSA) is 88.1 Å². The summed E-state index contributed by atoms with van der Waals surface area (Å²) in [5.41, 5.74) is 1.27. The molecular weight excluding hydrogens is 488 g/mol. The highest BCUT2D eigenvalue weighted by Gasteiger charge is 2.46. The summed E-state index contributed by atoms with van der Waals surface area (Å²) in [4.78, 5) is 38.2. The smallest absolute Gasteiger partial charge is 0.460 e. The van der Waals surface area contributed by atoms with Crippen LogP contribution in [0.3, 0.4) is 0 Å². The average Bonchev–Trinajstić information content (AvgIpc) is 2.80. The second-order valence-electron chi connectivity index (χ2n) is 9.50. The van der Waals surface area contributed by atoms with Crippen molar-refractivity contribution in [1.29, 1.82) is 0 Å². The van der Waals surface area contributed by atoms with Crippen LogP contribution in [-0.2, 0) is 34.8 Å². The third kappa shape index (κ3) is 8.19. The van der Waals surface area contributed by atoms with Crippen LogP contribution in [0.1, 0.15) is 44.9 Å². The molecule has 2 aromatic rings. The number of carbonyl (C=O) groups is 3. The molecule has 0 bridgehead atoms. The summed E-state index contributed by atoms with van der Waals surface area (Å²) >= 11 is 6.06. The Balaban J connectivity index is 2.42. The first kappa shape index (κ1) is 28.6. The Hall–Kier alpha value is -2.68. The summed E-state index contributed by atoms with van der Waals surface area (Å²) in [6.07, 6.45) is -3.80. The van der Waals surface area contributed by atoms with Gasteiger partial charge in [-0.1, -0.05) is 74.8 Å². The highest BCUT2D eigenvalue weighted by molar-refractivity contribution is 6.74. The summed E-state index contributed by atoms with van der Waals surface area (Å²) in [6, 6.07) is 15.6. The molecule has 2 rings (SSSR count). The van der Waals surface area contributed by atoms with Crippen molar-refractivity contribution in [3.05, 3.63) is 70.7 Å². The summed E-state index contributed by atoms with van der Waals surface area (Å²) in [5.74, 6) is -2.16. The number of benzene rings is 2. The zero-order chi connectivity index (χ0) is 26.2. The maximum atomic E-state index is 13.2. The summed E-state index contributed by atoms with van der Waals surface area (Å²) in [5, 5.41) is 0.250. The van der Waals surface area contributed by atoms with Gasteiger partial charge in [0.1, 0.15) is 12.7 Å². The standard InChI is InChI=1S/C26H33ClO7Si/c1-7-31-24(29)21(28)23(33-25(30)32-17-18-11-9-8-10-12-18)22(19-13-15-20(27)16-14-19)34-35(5,6)26(2,3)4/h8-16,22-23H,7,17H2,1-6H3/t22-,23?/m1/s1. The number of Topliss-reactive ketones (excluding diaryl/α,β-unsaturated/α-hetero) is 1. The van der Waals surface area contributed by atoms with Crippen LogP contribution in [0.2, 0.25) is 23.2 Å². The third-order valence-electron chi connectivity index (χ3n) is 5.86. The van der Waals surface area contributed by atoms with E-state index in [0.717, 1.165) is 5.56 Å². The van der Waals surface area contributed by atoms with Crippen molar-refractivity contribution < 1.29 is 33.0 Å². The van der Waals surface area contributed by atoms with Crippen molar-refractivity contribution in [3.63, 3.8) is 0 Å². The molecular formula is C26H33ClO7Si. The molecule has 190 valence electrons. The molecule has 2 aromatic carbocycles.